The van der Waals surface area contributed by atoms with Crippen LogP contribution in [0.15, 0.2) is 41.8 Å². The fraction of sp³-hybridized carbons (Fsp3) is 0.450. The minimum absolute atomic E-state index is 0.0128. The van der Waals surface area contributed by atoms with Crippen LogP contribution in [0.2, 0.25) is 0 Å². The van der Waals surface area contributed by atoms with E-state index in [-0.39, 0.29) is 23.9 Å². The van der Waals surface area contributed by atoms with E-state index in [2.05, 4.69) is 4.90 Å². The first-order valence-electron chi connectivity index (χ1n) is 8.71. The Kier molecular flexibility index (Phi) is 5.86. The molecule has 1 fully saturated rings. The van der Waals surface area contributed by atoms with Gasteiger partial charge < -0.3 is 9.64 Å². The minimum Gasteiger partial charge on any atom is -0.458 e. The van der Waals surface area contributed by atoms with Gasteiger partial charge in [0.25, 0.3) is 0 Å². The van der Waals surface area contributed by atoms with Gasteiger partial charge in [-0.25, -0.2) is 9.18 Å². The van der Waals surface area contributed by atoms with Crippen LogP contribution in [0.25, 0.3) is 0 Å². The zero-order valence-corrected chi connectivity index (χ0v) is 15.5. The average molecular weight is 361 g/mol. The molecule has 0 N–H and O–H groups in total. The molecule has 1 saturated carbocycles. The van der Waals surface area contributed by atoms with Gasteiger partial charge in [-0.05, 0) is 74.8 Å². The number of esters is 1. The van der Waals surface area contributed by atoms with E-state index < -0.39 is 0 Å². The van der Waals surface area contributed by atoms with Gasteiger partial charge in [-0.1, -0.05) is 18.2 Å². The lowest BCUT2D eigenvalue weighted by Crippen LogP contribution is -2.33. The van der Waals surface area contributed by atoms with Gasteiger partial charge in [0.1, 0.15) is 16.8 Å². The van der Waals surface area contributed by atoms with E-state index in [0.717, 1.165) is 31.2 Å². The third-order valence-corrected chi connectivity index (χ3v) is 5.76. The summed E-state index contributed by atoms with van der Waals surface area (Å²) >= 11 is 1.41. The first-order chi connectivity index (χ1) is 12.0. The second-order valence-electron chi connectivity index (χ2n) is 6.88. The Bertz CT molecular complexity index is 693. The van der Waals surface area contributed by atoms with Gasteiger partial charge in [0.2, 0.25) is 0 Å². The number of rotatable bonds is 5. The first kappa shape index (κ1) is 18.1. The lowest BCUT2D eigenvalue weighted by molar-refractivity contribution is 0.0117. The molecular formula is C20H24FNO2S. The van der Waals surface area contributed by atoms with Gasteiger partial charge in [0, 0.05) is 6.04 Å². The summed E-state index contributed by atoms with van der Waals surface area (Å²) in [7, 11) is 4.08. The van der Waals surface area contributed by atoms with Crippen molar-refractivity contribution < 1.29 is 13.9 Å². The largest absolute Gasteiger partial charge is 0.458 e. The molecule has 0 amide bonds. The van der Waals surface area contributed by atoms with Gasteiger partial charge in [-0.3, -0.25) is 0 Å². The lowest BCUT2D eigenvalue weighted by atomic mass is 9.79. The molecule has 0 aliphatic heterocycles. The summed E-state index contributed by atoms with van der Waals surface area (Å²) in [5.41, 5.74) is 1.02. The van der Waals surface area contributed by atoms with Crippen LogP contribution in [-0.2, 0) is 4.74 Å². The molecular weight excluding hydrogens is 337 g/mol. The van der Waals surface area contributed by atoms with Crippen molar-refractivity contribution >= 4 is 17.3 Å². The van der Waals surface area contributed by atoms with Crippen molar-refractivity contribution in [1.29, 1.82) is 0 Å². The van der Waals surface area contributed by atoms with Crippen LogP contribution in [0.3, 0.4) is 0 Å². The highest BCUT2D eigenvalue weighted by molar-refractivity contribution is 7.11. The Morgan fingerprint density at radius 1 is 1.20 bits per heavy atom. The molecule has 0 radical (unpaired) electrons. The molecule has 1 aromatic carbocycles. The van der Waals surface area contributed by atoms with Crippen molar-refractivity contribution in [3.8, 4) is 0 Å². The van der Waals surface area contributed by atoms with Crippen molar-refractivity contribution in [2.45, 2.75) is 37.8 Å². The second-order valence-corrected chi connectivity index (χ2v) is 7.83. The standard InChI is InChI=1S/C20H24FNO2S/c1-22(2)19(15-5-3-6-16(21)13-15)14-8-10-17(11-9-14)24-20(23)18-7-4-12-25-18/h3-7,12-14,17,19H,8-11H2,1-2H3. The maximum absolute atomic E-state index is 13.6. The summed E-state index contributed by atoms with van der Waals surface area (Å²) in [5, 5.41) is 1.88. The molecule has 1 heterocycles. The maximum atomic E-state index is 13.6. The summed E-state index contributed by atoms with van der Waals surface area (Å²) in [4.78, 5) is 14.9. The molecule has 1 aliphatic carbocycles. The highest BCUT2D eigenvalue weighted by Gasteiger charge is 2.31. The predicted octanol–water partition coefficient (Wildman–Crippen LogP) is 4.91. The highest BCUT2D eigenvalue weighted by Crippen LogP contribution is 2.38. The normalized spacial score (nSPS) is 21.9. The molecule has 3 nitrogen and oxygen atoms in total. The second kappa shape index (κ2) is 8.11. The Labute approximate surface area is 152 Å². The monoisotopic (exact) mass is 361 g/mol. The zero-order valence-electron chi connectivity index (χ0n) is 14.7. The molecule has 1 aliphatic rings. The van der Waals surface area contributed by atoms with Crippen molar-refractivity contribution in [3.63, 3.8) is 0 Å². The zero-order chi connectivity index (χ0) is 17.8. The minimum atomic E-state index is -0.215. The van der Waals surface area contributed by atoms with Gasteiger partial charge in [-0.2, -0.15) is 0 Å². The Hall–Kier alpha value is -1.72. The van der Waals surface area contributed by atoms with Crippen LogP contribution < -0.4 is 0 Å². The Balaban J connectivity index is 1.61. The molecule has 1 atom stereocenters. The number of thiophene rings is 1. The van der Waals surface area contributed by atoms with E-state index in [1.165, 1.54) is 17.4 Å². The summed E-state index contributed by atoms with van der Waals surface area (Å²) in [6.45, 7) is 0. The van der Waals surface area contributed by atoms with Crippen LogP contribution in [0, 0.1) is 11.7 Å². The molecule has 0 spiro atoms. The molecule has 0 bridgehead atoms. The molecule has 1 unspecified atom stereocenters. The van der Waals surface area contributed by atoms with Gasteiger partial charge in [-0.15, -0.1) is 11.3 Å². The van der Waals surface area contributed by atoms with Gasteiger partial charge >= 0.3 is 5.97 Å². The summed E-state index contributed by atoms with van der Waals surface area (Å²) < 4.78 is 19.3. The molecule has 5 heteroatoms. The molecule has 1 aromatic heterocycles. The average Bonchev–Trinajstić information content (AvgIpc) is 3.11. The number of benzene rings is 1. The van der Waals surface area contributed by atoms with Crippen LogP contribution in [0.1, 0.15) is 47.0 Å². The number of nitrogens with zero attached hydrogens (tertiary/aromatic N) is 1. The van der Waals surface area contributed by atoms with Crippen molar-refractivity contribution in [3.05, 3.63) is 58.0 Å². The third-order valence-electron chi connectivity index (χ3n) is 4.91. The van der Waals surface area contributed by atoms with E-state index in [9.17, 15) is 9.18 Å². The molecule has 3 rings (SSSR count). The van der Waals surface area contributed by atoms with Gasteiger partial charge in [0.15, 0.2) is 0 Å². The first-order valence-corrected chi connectivity index (χ1v) is 9.59. The fourth-order valence-electron chi connectivity index (χ4n) is 3.81. The Morgan fingerprint density at radius 3 is 2.56 bits per heavy atom. The number of carbonyl (C=O) groups excluding carboxylic acids is 1. The van der Waals surface area contributed by atoms with Gasteiger partial charge in [0.05, 0.1) is 0 Å². The summed E-state index contributed by atoms with van der Waals surface area (Å²) in [5.74, 6) is 0.0316. The van der Waals surface area contributed by atoms with Crippen LogP contribution in [0.5, 0.6) is 0 Å². The predicted molar refractivity (Wildman–Crippen MR) is 98.3 cm³/mol. The lowest BCUT2D eigenvalue weighted by Gasteiger charge is -2.37. The third kappa shape index (κ3) is 4.47. The van der Waals surface area contributed by atoms with Crippen molar-refractivity contribution in [2.24, 2.45) is 5.92 Å². The maximum Gasteiger partial charge on any atom is 0.348 e. The van der Waals surface area contributed by atoms with Crippen LogP contribution in [0.4, 0.5) is 4.39 Å². The van der Waals surface area contributed by atoms with E-state index in [0.29, 0.717) is 10.8 Å². The van der Waals surface area contributed by atoms with Crippen LogP contribution in [-0.4, -0.2) is 31.1 Å². The fourth-order valence-corrected chi connectivity index (χ4v) is 4.41. The molecule has 0 saturated heterocycles. The summed E-state index contributed by atoms with van der Waals surface area (Å²) in [6.07, 6.45) is 3.66. The Morgan fingerprint density at radius 2 is 1.96 bits per heavy atom. The number of carbonyl (C=O) groups is 1. The SMILES string of the molecule is CN(C)C(c1cccc(F)c1)C1CCC(OC(=O)c2cccs2)CC1. The van der Waals surface area contributed by atoms with Crippen molar-refractivity contribution in [2.75, 3.05) is 14.1 Å². The van der Waals surface area contributed by atoms with E-state index in [4.69, 9.17) is 4.74 Å². The smallest absolute Gasteiger partial charge is 0.348 e. The molecule has 25 heavy (non-hydrogen) atoms. The molecule has 2 aromatic rings. The van der Waals surface area contributed by atoms with E-state index in [1.807, 2.05) is 31.6 Å². The number of hydrogen-bond acceptors (Lipinski definition) is 4. The quantitative estimate of drug-likeness (QED) is 0.709. The van der Waals surface area contributed by atoms with E-state index >= 15 is 0 Å². The van der Waals surface area contributed by atoms with Crippen LogP contribution >= 0.6 is 11.3 Å². The highest BCUT2D eigenvalue weighted by atomic mass is 32.1. The molecule has 134 valence electrons. The topological polar surface area (TPSA) is 29.5 Å². The number of halogens is 1. The van der Waals surface area contributed by atoms with Crippen molar-refractivity contribution in [1.82, 2.24) is 4.90 Å². The number of hydrogen-bond donors (Lipinski definition) is 0. The van der Waals surface area contributed by atoms with E-state index in [1.54, 1.807) is 18.2 Å². The summed E-state index contributed by atoms with van der Waals surface area (Å²) in [6, 6.07) is 10.7. The number of ether oxygens (including phenoxy) is 1.